The molecular formula is C16H21N5O2S. The molecule has 128 valence electrons. The van der Waals surface area contributed by atoms with Gasteiger partial charge in [0.15, 0.2) is 0 Å². The summed E-state index contributed by atoms with van der Waals surface area (Å²) in [6.07, 6.45) is 3.91. The highest BCUT2D eigenvalue weighted by atomic mass is 32.1. The van der Waals surface area contributed by atoms with Crippen molar-refractivity contribution in [3.63, 3.8) is 0 Å². The normalized spacial score (nSPS) is 24.5. The lowest BCUT2D eigenvalue weighted by molar-refractivity contribution is -0.105. The van der Waals surface area contributed by atoms with Crippen LogP contribution in [0.2, 0.25) is 0 Å². The summed E-state index contributed by atoms with van der Waals surface area (Å²) in [6.45, 7) is 3.59. The molecule has 2 aliphatic rings. The van der Waals surface area contributed by atoms with Gasteiger partial charge in [0.2, 0.25) is 5.13 Å². The van der Waals surface area contributed by atoms with Crippen molar-refractivity contribution in [2.45, 2.75) is 18.4 Å². The van der Waals surface area contributed by atoms with Crippen LogP contribution in [0.25, 0.3) is 0 Å². The monoisotopic (exact) mass is 347 g/mol. The van der Waals surface area contributed by atoms with Gasteiger partial charge in [-0.2, -0.15) is 0 Å². The number of amides is 1. The minimum absolute atomic E-state index is 0.0817. The van der Waals surface area contributed by atoms with Gasteiger partial charge in [-0.05, 0) is 25.0 Å². The predicted molar refractivity (Wildman–Crippen MR) is 91.4 cm³/mol. The van der Waals surface area contributed by atoms with Gasteiger partial charge in [0.25, 0.3) is 5.91 Å². The summed E-state index contributed by atoms with van der Waals surface area (Å²) in [6, 6.07) is 3.78. The Balaban J connectivity index is 1.51. The Bertz CT molecular complexity index is 712. The van der Waals surface area contributed by atoms with Crippen LogP contribution in [-0.2, 0) is 11.8 Å². The molecule has 7 nitrogen and oxygen atoms in total. The van der Waals surface area contributed by atoms with Crippen molar-refractivity contribution in [1.29, 1.82) is 0 Å². The molecular weight excluding hydrogens is 326 g/mol. The first-order chi connectivity index (χ1) is 11.7. The number of ether oxygens (including phenoxy) is 1. The molecule has 1 unspecified atom stereocenters. The molecule has 2 aliphatic heterocycles. The van der Waals surface area contributed by atoms with Gasteiger partial charge in [-0.25, -0.2) is 0 Å². The summed E-state index contributed by atoms with van der Waals surface area (Å²) in [5.41, 5.74) is 2.18. The summed E-state index contributed by atoms with van der Waals surface area (Å²) in [4.78, 5) is 17.0. The third-order valence-electron chi connectivity index (χ3n) is 4.86. The average Bonchev–Trinajstić information content (AvgIpc) is 3.26. The second kappa shape index (κ2) is 6.18. The van der Waals surface area contributed by atoms with Crippen LogP contribution < -0.4 is 4.90 Å². The molecule has 4 rings (SSSR count). The van der Waals surface area contributed by atoms with E-state index in [1.165, 1.54) is 0 Å². The number of anilines is 1. The Morgan fingerprint density at radius 2 is 2.29 bits per heavy atom. The molecule has 24 heavy (non-hydrogen) atoms. The molecule has 8 heteroatoms. The van der Waals surface area contributed by atoms with E-state index in [0.29, 0.717) is 19.7 Å². The highest BCUT2D eigenvalue weighted by Crippen LogP contribution is 2.32. The molecule has 0 aliphatic carbocycles. The number of hydrogen-bond acceptors (Lipinski definition) is 6. The van der Waals surface area contributed by atoms with Crippen LogP contribution in [-0.4, -0.2) is 64.0 Å². The molecule has 0 radical (unpaired) electrons. The largest absolute Gasteiger partial charge is 0.369 e. The number of carbonyl (C=O) groups excluding carboxylic acids is 1. The van der Waals surface area contributed by atoms with Crippen LogP contribution in [0.3, 0.4) is 0 Å². The predicted octanol–water partition coefficient (Wildman–Crippen LogP) is 1.39. The van der Waals surface area contributed by atoms with Gasteiger partial charge in [0.1, 0.15) is 16.8 Å². The summed E-state index contributed by atoms with van der Waals surface area (Å²) in [7, 11) is 1.90. The first kappa shape index (κ1) is 15.6. The van der Waals surface area contributed by atoms with Gasteiger partial charge < -0.3 is 19.1 Å². The molecule has 4 heterocycles. The number of piperidine rings is 1. The maximum Gasteiger partial charge on any atom is 0.270 e. The second-order valence-corrected chi connectivity index (χ2v) is 7.32. The second-order valence-electron chi connectivity index (χ2n) is 6.51. The maximum atomic E-state index is 12.8. The third-order valence-corrected chi connectivity index (χ3v) is 5.61. The highest BCUT2D eigenvalue weighted by Gasteiger charge is 2.42. The zero-order valence-electron chi connectivity index (χ0n) is 13.7. The number of morpholine rings is 1. The first-order valence-electron chi connectivity index (χ1n) is 8.23. The molecule has 2 saturated heterocycles. The number of carbonyl (C=O) groups is 1. The molecule has 0 saturated carbocycles. The smallest absolute Gasteiger partial charge is 0.270 e. The van der Waals surface area contributed by atoms with Crippen LogP contribution >= 0.6 is 11.3 Å². The Hall–Kier alpha value is -1.93. The minimum atomic E-state index is -0.303. The number of aryl methyl sites for hydroxylation is 1. The summed E-state index contributed by atoms with van der Waals surface area (Å²) >= 11 is 1.55. The van der Waals surface area contributed by atoms with E-state index in [-0.39, 0.29) is 11.5 Å². The van der Waals surface area contributed by atoms with Crippen LogP contribution in [0.4, 0.5) is 5.13 Å². The summed E-state index contributed by atoms with van der Waals surface area (Å²) in [5.74, 6) is 0.0817. The van der Waals surface area contributed by atoms with E-state index in [4.69, 9.17) is 4.74 Å². The number of rotatable bonds is 2. The van der Waals surface area contributed by atoms with E-state index in [9.17, 15) is 4.79 Å². The number of aromatic nitrogens is 3. The quantitative estimate of drug-likeness (QED) is 0.821. The lowest BCUT2D eigenvalue weighted by Gasteiger charge is -2.47. The Morgan fingerprint density at radius 3 is 3.04 bits per heavy atom. The van der Waals surface area contributed by atoms with Crippen molar-refractivity contribution in [1.82, 2.24) is 19.7 Å². The molecule has 0 bridgehead atoms. The fourth-order valence-electron chi connectivity index (χ4n) is 3.68. The van der Waals surface area contributed by atoms with E-state index in [0.717, 1.165) is 36.8 Å². The first-order valence-corrected chi connectivity index (χ1v) is 9.11. The van der Waals surface area contributed by atoms with E-state index < -0.39 is 0 Å². The summed E-state index contributed by atoms with van der Waals surface area (Å²) < 4.78 is 8.05. The standard InChI is InChI=1S/C16H21N5O2S/c1-19-6-2-4-13(19)14(22)20-8-9-23-16(10-20)5-3-7-21(11-16)15-18-17-12-24-15/h2,4,6,12H,3,5,7-11H2,1H3. The van der Waals surface area contributed by atoms with Gasteiger partial charge in [-0.15, -0.1) is 10.2 Å². The summed E-state index contributed by atoms with van der Waals surface area (Å²) in [5, 5.41) is 9.05. The molecule has 0 N–H and O–H groups in total. The van der Waals surface area contributed by atoms with Gasteiger partial charge in [-0.1, -0.05) is 11.3 Å². The molecule has 1 amide bonds. The van der Waals surface area contributed by atoms with Crippen molar-refractivity contribution in [3.8, 4) is 0 Å². The van der Waals surface area contributed by atoms with Crippen LogP contribution in [0.15, 0.2) is 23.8 Å². The van der Waals surface area contributed by atoms with E-state index in [2.05, 4.69) is 15.1 Å². The van der Waals surface area contributed by atoms with Crippen LogP contribution in [0.1, 0.15) is 23.3 Å². The highest BCUT2D eigenvalue weighted by molar-refractivity contribution is 7.13. The van der Waals surface area contributed by atoms with Gasteiger partial charge >= 0.3 is 0 Å². The number of hydrogen-bond donors (Lipinski definition) is 0. The zero-order chi connectivity index (χ0) is 16.6. The van der Waals surface area contributed by atoms with Crippen molar-refractivity contribution < 1.29 is 9.53 Å². The van der Waals surface area contributed by atoms with Crippen molar-refractivity contribution in [2.75, 3.05) is 37.7 Å². The molecule has 0 aromatic carbocycles. The van der Waals surface area contributed by atoms with Crippen molar-refractivity contribution in [2.24, 2.45) is 7.05 Å². The van der Waals surface area contributed by atoms with Crippen molar-refractivity contribution in [3.05, 3.63) is 29.5 Å². The fraction of sp³-hybridized carbons (Fsp3) is 0.562. The SMILES string of the molecule is Cn1cccc1C(=O)N1CCOC2(CCCN(c3nncs3)C2)C1. The average molecular weight is 347 g/mol. The Morgan fingerprint density at radius 1 is 1.38 bits per heavy atom. The third kappa shape index (κ3) is 2.80. The molecule has 2 aromatic rings. The van der Waals surface area contributed by atoms with E-state index in [1.54, 1.807) is 16.8 Å². The fourth-order valence-corrected chi connectivity index (χ4v) is 4.26. The molecule has 1 atom stereocenters. The minimum Gasteiger partial charge on any atom is -0.369 e. The lowest BCUT2D eigenvalue weighted by Crippen LogP contribution is -2.61. The zero-order valence-corrected chi connectivity index (χ0v) is 14.5. The van der Waals surface area contributed by atoms with E-state index >= 15 is 0 Å². The Labute approximate surface area is 144 Å². The van der Waals surface area contributed by atoms with Gasteiger partial charge in [0.05, 0.1) is 19.7 Å². The van der Waals surface area contributed by atoms with Crippen molar-refractivity contribution >= 4 is 22.4 Å². The maximum absolute atomic E-state index is 12.8. The van der Waals surface area contributed by atoms with Crippen LogP contribution in [0, 0.1) is 0 Å². The topological polar surface area (TPSA) is 63.5 Å². The molecule has 2 aromatic heterocycles. The number of nitrogens with zero attached hydrogens (tertiary/aromatic N) is 5. The molecule has 1 spiro atoms. The van der Waals surface area contributed by atoms with Crippen LogP contribution in [0.5, 0.6) is 0 Å². The lowest BCUT2D eigenvalue weighted by atomic mass is 9.91. The molecule has 2 fully saturated rings. The van der Waals surface area contributed by atoms with Gasteiger partial charge in [0, 0.05) is 26.3 Å². The van der Waals surface area contributed by atoms with E-state index in [1.807, 2.05) is 34.8 Å². The van der Waals surface area contributed by atoms with Gasteiger partial charge in [-0.3, -0.25) is 4.79 Å². The Kier molecular flexibility index (Phi) is 4.01.